The quantitative estimate of drug-likeness (QED) is 0.480. The van der Waals surface area contributed by atoms with Crippen molar-refractivity contribution >= 4 is 23.3 Å². The van der Waals surface area contributed by atoms with Gasteiger partial charge >= 0.3 is 5.97 Å². The van der Waals surface area contributed by atoms with Crippen molar-refractivity contribution in [1.29, 1.82) is 0 Å². The number of non-ortho nitro benzene ring substituents is 1. The van der Waals surface area contributed by atoms with Gasteiger partial charge in [0.15, 0.2) is 0 Å². The highest BCUT2D eigenvalue weighted by Gasteiger charge is 2.21. The van der Waals surface area contributed by atoms with Gasteiger partial charge in [-0.2, -0.15) is 0 Å². The zero-order valence-electron chi connectivity index (χ0n) is 12.3. The van der Waals surface area contributed by atoms with E-state index in [0.29, 0.717) is 5.69 Å². The van der Waals surface area contributed by atoms with Crippen LogP contribution in [0.15, 0.2) is 54.6 Å². The Labute approximate surface area is 132 Å². The summed E-state index contributed by atoms with van der Waals surface area (Å²) in [5.41, 5.74) is 0.658. The van der Waals surface area contributed by atoms with Crippen LogP contribution in [-0.4, -0.2) is 30.5 Å². The smallest absolute Gasteiger partial charge is 0.325 e. The van der Waals surface area contributed by atoms with Gasteiger partial charge in [0, 0.05) is 23.4 Å². The first kappa shape index (κ1) is 16.2. The molecule has 118 valence electrons. The number of hydrogen-bond acceptors (Lipinski definition) is 5. The van der Waals surface area contributed by atoms with Gasteiger partial charge < -0.3 is 4.74 Å². The molecule has 2 aromatic carbocycles. The van der Waals surface area contributed by atoms with E-state index in [4.69, 9.17) is 0 Å². The van der Waals surface area contributed by atoms with Crippen LogP contribution in [0.4, 0.5) is 11.4 Å². The maximum absolute atomic E-state index is 12.6. The fourth-order valence-electron chi connectivity index (χ4n) is 1.96. The largest absolute Gasteiger partial charge is 0.468 e. The Balaban J connectivity index is 2.32. The number of rotatable bonds is 5. The predicted octanol–water partition coefficient (Wildman–Crippen LogP) is 2.41. The molecule has 0 aliphatic heterocycles. The summed E-state index contributed by atoms with van der Waals surface area (Å²) in [5.74, 6) is -1.01. The number of benzene rings is 2. The van der Waals surface area contributed by atoms with Crippen molar-refractivity contribution in [2.75, 3.05) is 18.6 Å². The van der Waals surface area contributed by atoms with Gasteiger partial charge in [-0.25, -0.2) is 0 Å². The second-order valence-electron chi connectivity index (χ2n) is 4.61. The van der Waals surface area contributed by atoms with E-state index in [1.807, 2.05) is 0 Å². The highest BCUT2D eigenvalue weighted by Crippen LogP contribution is 2.19. The van der Waals surface area contributed by atoms with Crippen molar-refractivity contribution in [1.82, 2.24) is 0 Å². The molecule has 0 aromatic heterocycles. The van der Waals surface area contributed by atoms with E-state index in [9.17, 15) is 19.7 Å². The monoisotopic (exact) mass is 314 g/mol. The molecule has 0 saturated carbocycles. The molecule has 2 rings (SSSR count). The average Bonchev–Trinajstić information content (AvgIpc) is 2.59. The zero-order valence-corrected chi connectivity index (χ0v) is 12.3. The second kappa shape index (κ2) is 7.17. The van der Waals surface area contributed by atoms with Crippen molar-refractivity contribution in [2.24, 2.45) is 0 Å². The molecule has 7 heteroatoms. The SMILES string of the molecule is COC(=O)CN(C(=O)c1ccc([N+](=O)[O-])cc1)c1ccccc1. The van der Waals surface area contributed by atoms with Gasteiger partial charge in [-0.05, 0) is 24.3 Å². The van der Waals surface area contributed by atoms with E-state index >= 15 is 0 Å². The van der Waals surface area contributed by atoms with Gasteiger partial charge in [0.05, 0.1) is 12.0 Å². The van der Waals surface area contributed by atoms with E-state index in [1.165, 1.54) is 36.3 Å². The molecule has 1 amide bonds. The van der Waals surface area contributed by atoms with Gasteiger partial charge in [0.2, 0.25) is 0 Å². The zero-order chi connectivity index (χ0) is 16.8. The topological polar surface area (TPSA) is 89.8 Å². The summed E-state index contributed by atoms with van der Waals surface area (Å²) in [7, 11) is 1.24. The molecule has 0 atom stereocenters. The summed E-state index contributed by atoms with van der Waals surface area (Å²) in [4.78, 5) is 35.6. The third kappa shape index (κ3) is 3.91. The summed E-state index contributed by atoms with van der Waals surface area (Å²) < 4.78 is 4.62. The Morgan fingerprint density at radius 2 is 1.70 bits per heavy atom. The highest BCUT2D eigenvalue weighted by molar-refractivity contribution is 6.08. The first-order valence-electron chi connectivity index (χ1n) is 6.71. The number of methoxy groups -OCH3 is 1. The van der Waals surface area contributed by atoms with E-state index in [-0.39, 0.29) is 17.8 Å². The predicted molar refractivity (Wildman–Crippen MR) is 83.2 cm³/mol. The normalized spacial score (nSPS) is 9.96. The molecule has 2 aromatic rings. The lowest BCUT2D eigenvalue weighted by Crippen LogP contribution is -2.36. The van der Waals surface area contributed by atoms with Crippen LogP contribution < -0.4 is 4.90 Å². The van der Waals surface area contributed by atoms with Gasteiger partial charge in [-0.1, -0.05) is 18.2 Å². The summed E-state index contributed by atoms with van der Waals surface area (Å²) in [5, 5.41) is 10.7. The summed E-state index contributed by atoms with van der Waals surface area (Å²) in [6.07, 6.45) is 0. The third-order valence-corrected chi connectivity index (χ3v) is 3.15. The Morgan fingerprint density at radius 1 is 1.09 bits per heavy atom. The lowest BCUT2D eigenvalue weighted by atomic mass is 10.1. The standard InChI is InChI=1S/C16H14N2O5/c1-23-15(19)11-17(13-5-3-2-4-6-13)16(20)12-7-9-14(10-8-12)18(21)22/h2-10H,11H2,1H3. The van der Waals surface area contributed by atoms with Crippen LogP contribution in [0.25, 0.3) is 0 Å². The van der Waals surface area contributed by atoms with Crippen LogP contribution >= 0.6 is 0 Å². The summed E-state index contributed by atoms with van der Waals surface area (Å²) in [6, 6.07) is 13.8. The van der Waals surface area contributed by atoms with E-state index in [0.717, 1.165) is 0 Å². The maximum Gasteiger partial charge on any atom is 0.325 e. The maximum atomic E-state index is 12.6. The van der Waals surface area contributed by atoms with Crippen LogP contribution in [0.5, 0.6) is 0 Å². The fraction of sp³-hybridized carbons (Fsp3) is 0.125. The third-order valence-electron chi connectivity index (χ3n) is 3.15. The first-order chi connectivity index (χ1) is 11.0. The first-order valence-corrected chi connectivity index (χ1v) is 6.71. The molecule has 0 N–H and O–H groups in total. The van der Waals surface area contributed by atoms with Crippen LogP contribution in [-0.2, 0) is 9.53 Å². The van der Waals surface area contributed by atoms with Gasteiger partial charge in [-0.15, -0.1) is 0 Å². The number of hydrogen-bond donors (Lipinski definition) is 0. The fourth-order valence-corrected chi connectivity index (χ4v) is 1.96. The molecule has 0 fully saturated rings. The minimum Gasteiger partial charge on any atom is -0.468 e. The van der Waals surface area contributed by atoms with Crippen LogP contribution in [0.3, 0.4) is 0 Å². The second-order valence-corrected chi connectivity index (χ2v) is 4.61. The van der Waals surface area contributed by atoms with Crippen LogP contribution in [0.1, 0.15) is 10.4 Å². The van der Waals surface area contributed by atoms with Gasteiger partial charge in [0.1, 0.15) is 6.54 Å². The average molecular weight is 314 g/mol. The molecule has 0 aliphatic carbocycles. The number of ether oxygens (including phenoxy) is 1. The molecule has 0 unspecified atom stereocenters. The number of nitro groups is 1. The van der Waals surface area contributed by atoms with E-state index < -0.39 is 16.8 Å². The Hall–Kier alpha value is -3.22. The summed E-state index contributed by atoms with van der Waals surface area (Å²) >= 11 is 0. The van der Waals surface area contributed by atoms with Crippen molar-refractivity contribution in [3.8, 4) is 0 Å². The molecule has 0 radical (unpaired) electrons. The Morgan fingerprint density at radius 3 is 2.22 bits per heavy atom. The molecule has 0 heterocycles. The highest BCUT2D eigenvalue weighted by atomic mass is 16.6. The lowest BCUT2D eigenvalue weighted by Gasteiger charge is -2.21. The number of carbonyl (C=O) groups is 2. The number of para-hydroxylation sites is 1. The van der Waals surface area contributed by atoms with Crippen LogP contribution in [0, 0.1) is 10.1 Å². The van der Waals surface area contributed by atoms with Crippen molar-refractivity contribution in [2.45, 2.75) is 0 Å². The van der Waals surface area contributed by atoms with Gasteiger partial charge in [0.25, 0.3) is 11.6 Å². The number of nitrogens with zero attached hydrogens (tertiary/aromatic N) is 2. The number of amides is 1. The van der Waals surface area contributed by atoms with E-state index in [1.54, 1.807) is 30.3 Å². The lowest BCUT2D eigenvalue weighted by molar-refractivity contribution is -0.384. The minimum atomic E-state index is -0.566. The van der Waals surface area contributed by atoms with Gasteiger partial charge in [-0.3, -0.25) is 24.6 Å². The van der Waals surface area contributed by atoms with Crippen molar-refractivity contribution in [3.05, 3.63) is 70.3 Å². The Bertz CT molecular complexity index is 713. The molecule has 0 bridgehead atoms. The van der Waals surface area contributed by atoms with Crippen molar-refractivity contribution in [3.63, 3.8) is 0 Å². The molecule has 0 aliphatic rings. The molecule has 23 heavy (non-hydrogen) atoms. The molecule has 0 saturated heterocycles. The number of nitro benzene ring substituents is 1. The molecular formula is C16H14N2O5. The number of esters is 1. The van der Waals surface area contributed by atoms with Crippen molar-refractivity contribution < 1.29 is 19.2 Å². The van der Waals surface area contributed by atoms with Crippen LogP contribution in [0.2, 0.25) is 0 Å². The minimum absolute atomic E-state index is 0.110. The molecule has 7 nitrogen and oxygen atoms in total. The number of carbonyl (C=O) groups excluding carboxylic acids is 2. The Kier molecular flexibility index (Phi) is 5.03. The van der Waals surface area contributed by atoms with E-state index in [2.05, 4.69) is 4.74 Å². The number of anilines is 1. The summed E-state index contributed by atoms with van der Waals surface area (Å²) in [6.45, 7) is -0.254. The molecule has 0 spiro atoms. The molecular weight excluding hydrogens is 300 g/mol.